The number of ether oxygens (including phenoxy) is 1. The molecule has 0 fully saturated rings. The standard InChI is InChI=1S/C28H34N2O4S/c1-4-5-6-7-8-19-34-25-14-10-23(11-15-25)28(31)29-24-12-16-26(17-13-24)35(32,33)30-27-18-9-21(2)20-22(27)3/h9-18,20,30H,4-8,19H2,1-3H3,(H,29,31). The van der Waals surface area contributed by atoms with Crippen molar-refractivity contribution in [3.63, 3.8) is 0 Å². The second-order valence-electron chi connectivity index (χ2n) is 8.69. The molecule has 0 aromatic heterocycles. The molecule has 0 aliphatic carbocycles. The molecule has 0 heterocycles. The van der Waals surface area contributed by atoms with Gasteiger partial charge in [-0.2, -0.15) is 0 Å². The Morgan fingerprint density at radius 3 is 2.20 bits per heavy atom. The van der Waals surface area contributed by atoms with Crippen LogP contribution in [-0.4, -0.2) is 20.9 Å². The minimum Gasteiger partial charge on any atom is -0.494 e. The average Bonchev–Trinajstić information content (AvgIpc) is 2.84. The number of unbranched alkanes of at least 4 members (excludes halogenated alkanes) is 4. The van der Waals surface area contributed by atoms with Crippen LogP contribution in [0.2, 0.25) is 0 Å². The molecule has 0 aliphatic heterocycles. The Bertz CT molecular complexity index is 1220. The van der Waals surface area contributed by atoms with E-state index in [0.717, 1.165) is 29.7 Å². The van der Waals surface area contributed by atoms with E-state index in [1.165, 1.54) is 31.4 Å². The zero-order valence-corrected chi connectivity index (χ0v) is 21.5. The average molecular weight is 495 g/mol. The summed E-state index contributed by atoms with van der Waals surface area (Å²) in [5.74, 6) is 0.461. The minimum atomic E-state index is -3.74. The number of benzene rings is 3. The number of carbonyl (C=O) groups is 1. The highest BCUT2D eigenvalue weighted by Gasteiger charge is 2.16. The zero-order chi connectivity index (χ0) is 25.3. The summed E-state index contributed by atoms with van der Waals surface area (Å²) in [6.07, 6.45) is 5.89. The second-order valence-corrected chi connectivity index (χ2v) is 10.4. The predicted octanol–water partition coefficient (Wildman–Crippen LogP) is 6.71. The van der Waals surface area contributed by atoms with E-state index < -0.39 is 10.0 Å². The molecule has 0 unspecified atom stereocenters. The highest BCUT2D eigenvalue weighted by atomic mass is 32.2. The van der Waals surface area contributed by atoms with Crippen LogP contribution in [0.4, 0.5) is 11.4 Å². The Labute approximate surface area is 208 Å². The third-order valence-electron chi connectivity index (χ3n) is 5.68. The van der Waals surface area contributed by atoms with Crippen molar-refractivity contribution in [2.75, 3.05) is 16.6 Å². The number of aryl methyl sites for hydroxylation is 2. The molecule has 0 spiro atoms. The molecule has 3 aromatic rings. The van der Waals surface area contributed by atoms with E-state index in [-0.39, 0.29) is 10.8 Å². The second kappa shape index (κ2) is 12.4. The maximum Gasteiger partial charge on any atom is 0.261 e. The normalized spacial score (nSPS) is 11.2. The zero-order valence-electron chi connectivity index (χ0n) is 20.6. The van der Waals surface area contributed by atoms with E-state index in [4.69, 9.17) is 4.74 Å². The maximum absolute atomic E-state index is 12.8. The Hall–Kier alpha value is -3.32. The van der Waals surface area contributed by atoms with Crippen LogP contribution in [0.15, 0.2) is 71.6 Å². The third-order valence-corrected chi connectivity index (χ3v) is 7.06. The van der Waals surface area contributed by atoms with Gasteiger partial charge in [0, 0.05) is 11.3 Å². The quantitative estimate of drug-likeness (QED) is 0.274. The molecule has 0 bridgehead atoms. The van der Waals surface area contributed by atoms with Crippen molar-refractivity contribution in [3.05, 3.63) is 83.4 Å². The van der Waals surface area contributed by atoms with Crippen LogP contribution in [0, 0.1) is 13.8 Å². The predicted molar refractivity (Wildman–Crippen MR) is 142 cm³/mol. The van der Waals surface area contributed by atoms with Crippen LogP contribution in [0.1, 0.15) is 60.5 Å². The van der Waals surface area contributed by atoms with Crippen LogP contribution >= 0.6 is 0 Å². The largest absolute Gasteiger partial charge is 0.494 e. The fraction of sp³-hybridized carbons (Fsp3) is 0.321. The first kappa shape index (κ1) is 26.3. The fourth-order valence-electron chi connectivity index (χ4n) is 3.65. The lowest BCUT2D eigenvalue weighted by atomic mass is 10.1. The smallest absolute Gasteiger partial charge is 0.261 e. The van der Waals surface area contributed by atoms with E-state index in [2.05, 4.69) is 17.0 Å². The molecular weight excluding hydrogens is 460 g/mol. The van der Waals surface area contributed by atoms with E-state index in [1.54, 1.807) is 42.5 Å². The van der Waals surface area contributed by atoms with Gasteiger partial charge in [0.15, 0.2) is 0 Å². The lowest BCUT2D eigenvalue weighted by molar-refractivity contribution is 0.102. The molecule has 0 saturated carbocycles. The van der Waals surface area contributed by atoms with E-state index >= 15 is 0 Å². The first-order chi connectivity index (χ1) is 16.8. The Morgan fingerprint density at radius 1 is 0.857 bits per heavy atom. The summed E-state index contributed by atoms with van der Waals surface area (Å²) in [7, 11) is -3.74. The molecule has 35 heavy (non-hydrogen) atoms. The van der Waals surface area contributed by atoms with Gasteiger partial charge in [0.1, 0.15) is 5.75 Å². The van der Waals surface area contributed by atoms with Crippen molar-refractivity contribution in [2.45, 2.75) is 57.8 Å². The van der Waals surface area contributed by atoms with Crippen molar-refractivity contribution in [3.8, 4) is 5.75 Å². The Morgan fingerprint density at radius 2 is 1.54 bits per heavy atom. The number of hydrogen-bond donors (Lipinski definition) is 2. The van der Waals surface area contributed by atoms with Crippen LogP contribution in [0.5, 0.6) is 5.75 Å². The highest BCUT2D eigenvalue weighted by Crippen LogP contribution is 2.22. The number of nitrogens with one attached hydrogen (secondary N) is 2. The molecule has 186 valence electrons. The molecular formula is C28H34N2O4S. The molecule has 1 amide bonds. The molecule has 6 nitrogen and oxygen atoms in total. The van der Waals surface area contributed by atoms with Gasteiger partial charge in [-0.15, -0.1) is 0 Å². The van der Waals surface area contributed by atoms with Crippen molar-refractivity contribution < 1.29 is 17.9 Å². The molecule has 0 atom stereocenters. The molecule has 3 rings (SSSR count). The maximum atomic E-state index is 12.8. The summed E-state index contributed by atoms with van der Waals surface area (Å²) in [6.45, 7) is 6.68. The summed E-state index contributed by atoms with van der Waals surface area (Å²) in [5, 5.41) is 2.80. The molecule has 7 heteroatoms. The molecule has 0 aliphatic rings. The first-order valence-electron chi connectivity index (χ1n) is 12.0. The summed E-state index contributed by atoms with van der Waals surface area (Å²) in [5.41, 5.74) is 3.45. The highest BCUT2D eigenvalue weighted by molar-refractivity contribution is 7.92. The van der Waals surface area contributed by atoms with Crippen molar-refractivity contribution in [2.24, 2.45) is 0 Å². The van der Waals surface area contributed by atoms with Gasteiger partial charge in [0.25, 0.3) is 15.9 Å². The first-order valence-corrected chi connectivity index (χ1v) is 13.5. The SMILES string of the molecule is CCCCCCCOc1ccc(C(=O)Nc2ccc(S(=O)(=O)Nc3ccc(C)cc3C)cc2)cc1. The van der Waals surface area contributed by atoms with Crippen LogP contribution in [0.25, 0.3) is 0 Å². The van der Waals surface area contributed by atoms with Gasteiger partial charge in [-0.05, 0) is 80.4 Å². The molecule has 2 N–H and O–H groups in total. The van der Waals surface area contributed by atoms with E-state index in [1.807, 2.05) is 26.0 Å². The topological polar surface area (TPSA) is 84.5 Å². The molecule has 3 aromatic carbocycles. The summed E-state index contributed by atoms with van der Waals surface area (Å²) in [6, 6.07) is 18.6. The Balaban J connectivity index is 1.54. The van der Waals surface area contributed by atoms with Crippen LogP contribution in [-0.2, 0) is 10.0 Å². The van der Waals surface area contributed by atoms with Gasteiger partial charge in [0.05, 0.1) is 17.2 Å². The van der Waals surface area contributed by atoms with Gasteiger partial charge in [-0.3, -0.25) is 9.52 Å². The number of hydrogen-bond acceptors (Lipinski definition) is 4. The molecule has 0 radical (unpaired) electrons. The van der Waals surface area contributed by atoms with Gasteiger partial charge in [-0.25, -0.2) is 8.42 Å². The summed E-state index contributed by atoms with van der Waals surface area (Å²) < 4.78 is 33.9. The van der Waals surface area contributed by atoms with E-state index in [9.17, 15) is 13.2 Å². The van der Waals surface area contributed by atoms with Gasteiger partial charge in [0.2, 0.25) is 0 Å². The number of sulfonamides is 1. The number of rotatable bonds is 12. The molecule has 0 saturated heterocycles. The lowest BCUT2D eigenvalue weighted by Gasteiger charge is -2.12. The van der Waals surface area contributed by atoms with Crippen LogP contribution < -0.4 is 14.8 Å². The monoisotopic (exact) mass is 494 g/mol. The Kier molecular flexibility index (Phi) is 9.32. The number of anilines is 2. The lowest BCUT2D eigenvalue weighted by Crippen LogP contribution is -2.14. The summed E-state index contributed by atoms with van der Waals surface area (Å²) >= 11 is 0. The number of amides is 1. The third kappa shape index (κ3) is 7.86. The van der Waals surface area contributed by atoms with Gasteiger partial charge in [-0.1, -0.05) is 50.3 Å². The van der Waals surface area contributed by atoms with Gasteiger partial charge >= 0.3 is 0 Å². The fourth-order valence-corrected chi connectivity index (χ4v) is 4.78. The van der Waals surface area contributed by atoms with Crippen molar-refractivity contribution in [1.29, 1.82) is 0 Å². The van der Waals surface area contributed by atoms with E-state index in [0.29, 0.717) is 23.5 Å². The van der Waals surface area contributed by atoms with Crippen molar-refractivity contribution >= 4 is 27.3 Å². The van der Waals surface area contributed by atoms with Crippen molar-refractivity contribution in [1.82, 2.24) is 0 Å². The number of carbonyl (C=O) groups excluding carboxylic acids is 1. The van der Waals surface area contributed by atoms with Gasteiger partial charge < -0.3 is 10.1 Å². The van der Waals surface area contributed by atoms with Crippen LogP contribution in [0.3, 0.4) is 0 Å². The summed E-state index contributed by atoms with van der Waals surface area (Å²) in [4.78, 5) is 12.7. The minimum absolute atomic E-state index is 0.117.